The number of nitrogens with one attached hydrogen (secondary N) is 1. The highest BCUT2D eigenvalue weighted by atomic mass is 19.1. The number of halogens is 1. The van der Waals surface area contributed by atoms with Gasteiger partial charge in [0.25, 0.3) is 5.91 Å². The van der Waals surface area contributed by atoms with Crippen LogP contribution in [0.3, 0.4) is 0 Å². The number of ether oxygens (including phenoxy) is 1. The first-order valence-electron chi connectivity index (χ1n) is 9.21. The predicted octanol–water partition coefficient (Wildman–Crippen LogP) is 2.14. The summed E-state index contributed by atoms with van der Waals surface area (Å²) in [5.74, 6) is -2.59. The quantitative estimate of drug-likeness (QED) is 0.783. The molecule has 0 bridgehead atoms. The molecule has 1 aliphatic rings. The smallest absolute Gasteiger partial charge is 0.326 e. The summed E-state index contributed by atoms with van der Waals surface area (Å²) >= 11 is 0. The molecule has 2 unspecified atom stereocenters. The Morgan fingerprint density at radius 1 is 1.36 bits per heavy atom. The monoisotopic (exact) mass is 390 g/mol. The van der Waals surface area contributed by atoms with Crippen LogP contribution >= 0.6 is 0 Å². The van der Waals surface area contributed by atoms with E-state index in [1.807, 2.05) is 13.8 Å². The summed E-state index contributed by atoms with van der Waals surface area (Å²) in [6, 6.07) is 4.95. The second-order valence-electron chi connectivity index (χ2n) is 7.08. The molecule has 150 valence electrons. The van der Waals surface area contributed by atoms with Gasteiger partial charge in [0, 0.05) is 18.4 Å². The van der Waals surface area contributed by atoms with E-state index in [-0.39, 0.29) is 30.0 Å². The molecule has 0 spiro atoms. The summed E-state index contributed by atoms with van der Waals surface area (Å²) < 4.78 is 20.8. The van der Waals surface area contributed by atoms with Crippen LogP contribution in [0.25, 0.3) is 5.69 Å². The van der Waals surface area contributed by atoms with Crippen LogP contribution < -0.4 is 5.32 Å². The topological polar surface area (TPSA) is 106 Å². The lowest BCUT2D eigenvalue weighted by Crippen LogP contribution is -2.48. The van der Waals surface area contributed by atoms with Crippen molar-refractivity contribution < 1.29 is 23.8 Å². The minimum Gasteiger partial charge on any atom is -0.480 e. The van der Waals surface area contributed by atoms with Crippen molar-refractivity contribution in [3.8, 4) is 5.69 Å². The Morgan fingerprint density at radius 2 is 2.11 bits per heavy atom. The highest BCUT2D eigenvalue weighted by molar-refractivity contribution is 5.93. The van der Waals surface area contributed by atoms with Crippen molar-refractivity contribution in [1.82, 2.24) is 20.1 Å². The minimum atomic E-state index is -1.14. The second kappa shape index (κ2) is 8.47. The number of carbonyl (C=O) groups is 2. The summed E-state index contributed by atoms with van der Waals surface area (Å²) in [7, 11) is 0. The van der Waals surface area contributed by atoms with Crippen LogP contribution in [-0.4, -0.2) is 51.0 Å². The number of benzene rings is 1. The fourth-order valence-corrected chi connectivity index (χ4v) is 3.21. The van der Waals surface area contributed by atoms with Crippen LogP contribution in [0.5, 0.6) is 0 Å². The van der Waals surface area contributed by atoms with Crippen molar-refractivity contribution in [2.24, 2.45) is 5.92 Å². The largest absolute Gasteiger partial charge is 0.480 e. The fourth-order valence-electron chi connectivity index (χ4n) is 3.21. The number of aliphatic carboxylic acids is 1. The molecule has 0 radical (unpaired) electrons. The lowest BCUT2D eigenvalue weighted by atomic mass is 9.93. The molecule has 0 saturated carbocycles. The summed E-state index contributed by atoms with van der Waals surface area (Å²) in [4.78, 5) is 28.5. The van der Waals surface area contributed by atoms with Crippen LogP contribution in [0.2, 0.25) is 0 Å². The SMILES string of the molecule is CC(C)c1nc(C(=O)NC(C(=O)O)C2CCCOC2)nn1-c1ccccc1F. The molecule has 2 heterocycles. The molecule has 28 heavy (non-hydrogen) atoms. The van der Waals surface area contributed by atoms with E-state index in [0.29, 0.717) is 18.9 Å². The maximum absolute atomic E-state index is 14.2. The molecule has 8 nitrogen and oxygen atoms in total. The predicted molar refractivity (Wildman–Crippen MR) is 97.8 cm³/mol. The van der Waals surface area contributed by atoms with E-state index in [1.54, 1.807) is 12.1 Å². The number of nitrogens with zero attached hydrogens (tertiary/aromatic N) is 3. The van der Waals surface area contributed by atoms with Gasteiger partial charge in [0.05, 0.1) is 6.61 Å². The van der Waals surface area contributed by atoms with Gasteiger partial charge in [-0.2, -0.15) is 0 Å². The number of carboxylic acid groups (broad SMARTS) is 1. The molecule has 1 aromatic carbocycles. The first-order valence-corrected chi connectivity index (χ1v) is 9.21. The number of carboxylic acids is 1. The maximum Gasteiger partial charge on any atom is 0.326 e. The van der Waals surface area contributed by atoms with Crippen molar-refractivity contribution in [2.45, 2.75) is 38.6 Å². The molecule has 1 amide bonds. The molecule has 1 fully saturated rings. The van der Waals surface area contributed by atoms with E-state index < -0.39 is 23.7 Å². The van der Waals surface area contributed by atoms with Gasteiger partial charge in [-0.15, -0.1) is 5.10 Å². The lowest BCUT2D eigenvalue weighted by molar-refractivity contribution is -0.142. The number of carbonyl (C=O) groups excluding carboxylic acids is 1. The van der Waals surface area contributed by atoms with E-state index in [1.165, 1.54) is 16.8 Å². The Morgan fingerprint density at radius 3 is 2.71 bits per heavy atom. The van der Waals surface area contributed by atoms with Crippen molar-refractivity contribution in [1.29, 1.82) is 0 Å². The Bertz CT molecular complexity index is 861. The minimum absolute atomic E-state index is 0.129. The third kappa shape index (κ3) is 4.19. The molecule has 9 heteroatoms. The zero-order valence-corrected chi connectivity index (χ0v) is 15.8. The average molecular weight is 390 g/mol. The van der Waals surface area contributed by atoms with Gasteiger partial charge in [-0.25, -0.2) is 18.9 Å². The Labute approximate surface area is 161 Å². The fraction of sp³-hybridized carbons (Fsp3) is 0.474. The Kier molecular flexibility index (Phi) is 6.03. The van der Waals surface area contributed by atoms with Gasteiger partial charge in [0.15, 0.2) is 0 Å². The summed E-state index contributed by atoms with van der Waals surface area (Å²) in [5, 5.41) is 16.2. The first kappa shape index (κ1) is 19.9. The maximum atomic E-state index is 14.2. The number of hydrogen-bond donors (Lipinski definition) is 2. The number of amides is 1. The van der Waals surface area contributed by atoms with Gasteiger partial charge in [-0.1, -0.05) is 26.0 Å². The standard InChI is InChI=1S/C19H23FN4O4/c1-11(2)17-22-16(23-24(17)14-8-4-3-7-13(14)20)18(25)21-15(19(26)27)12-6-5-9-28-10-12/h3-4,7-8,11-12,15H,5-6,9-10H2,1-2H3,(H,21,25)(H,26,27). The van der Waals surface area contributed by atoms with E-state index in [2.05, 4.69) is 15.4 Å². The summed E-state index contributed by atoms with van der Waals surface area (Å²) in [6.07, 6.45) is 1.38. The average Bonchev–Trinajstić information content (AvgIpc) is 3.12. The van der Waals surface area contributed by atoms with Crippen molar-refractivity contribution in [2.75, 3.05) is 13.2 Å². The third-order valence-electron chi connectivity index (χ3n) is 4.65. The van der Waals surface area contributed by atoms with Crippen LogP contribution in [-0.2, 0) is 9.53 Å². The number of aromatic nitrogens is 3. The summed E-state index contributed by atoms with van der Waals surface area (Å²) in [6.45, 7) is 4.56. The van der Waals surface area contributed by atoms with Gasteiger partial charge in [-0.3, -0.25) is 4.79 Å². The molecule has 0 aliphatic carbocycles. The van der Waals surface area contributed by atoms with Gasteiger partial charge in [0.1, 0.15) is 23.4 Å². The molecule has 2 N–H and O–H groups in total. The van der Waals surface area contributed by atoms with E-state index in [4.69, 9.17) is 4.74 Å². The van der Waals surface area contributed by atoms with Crippen LogP contribution in [0.1, 0.15) is 49.1 Å². The van der Waals surface area contributed by atoms with E-state index in [9.17, 15) is 19.1 Å². The summed E-state index contributed by atoms with van der Waals surface area (Å²) in [5.41, 5.74) is 0.174. The molecule has 2 atom stereocenters. The van der Waals surface area contributed by atoms with Crippen molar-refractivity contribution in [3.63, 3.8) is 0 Å². The van der Waals surface area contributed by atoms with Crippen molar-refractivity contribution in [3.05, 3.63) is 41.7 Å². The van der Waals surface area contributed by atoms with E-state index >= 15 is 0 Å². The highest BCUT2D eigenvalue weighted by Crippen LogP contribution is 2.21. The Hall–Kier alpha value is -2.81. The molecule has 1 aromatic heterocycles. The molecule has 1 saturated heterocycles. The van der Waals surface area contributed by atoms with Gasteiger partial charge in [-0.05, 0) is 25.0 Å². The van der Waals surface area contributed by atoms with Crippen LogP contribution in [0.4, 0.5) is 4.39 Å². The van der Waals surface area contributed by atoms with E-state index in [0.717, 1.165) is 6.42 Å². The van der Waals surface area contributed by atoms with Gasteiger partial charge in [0.2, 0.25) is 5.82 Å². The van der Waals surface area contributed by atoms with Crippen LogP contribution in [0.15, 0.2) is 24.3 Å². The van der Waals surface area contributed by atoms with Gasteiger partial charge >= 0.3 is 5.97 Å². The molecule has 1 aliphatic heterocycles. The normalized spacial score (nSPS) is 18.1. The molecule has 2 aromatic rings. The highest BCUT2D eigenvalue weighted by Gasteiger charge is 2.33. The first-order chi connectivity index (χ1) is 13.4. The lowest BCUT2D eigenvalue weighted by Gasteiger charge is -2.27. The molecular weight excluding hydrogens is 367 g/mol. The van der Waals surface area contributed by atoms with Gasteiger partial charge < -0.3 is 15.2 Å². The molecular formula is C19H23FN4O4. The molecule has 3 rings (SSSR count). The van der Waals surface area contributed by atoms with Crippen molar-refractivity contribution >= 4 is 11.9 Å². The Balaban J connectivity index is 1.88. The zero-order chi connectivity index (χ0) is 20.3. The number of rotatable bonds is 6. The second-order valence-corrected chi connectivity index (χ2v) is 7.08. The van der Waals surface area contributed by atoms with Crippen LogP contribution in [0, 0.1) is 11.7 Å². The third-order valence-corrected chi connectivity index (χ3v) is 4.65. The zero-order valence-electron chi connectivity index (χ0n) is 15.8. The number of hydrogen-bond acceptors (Lipinski definition) is 5. The number of para-hydroxylation sites is 1.